The average Bonchev–Trinajstić information content (AvgIpc) is 2.68. The van der Waals surface area contributed by atoms with E-state index in [4.69, 9.17) is 0 Å². The highest BCUT2D eigenvalue weighted by Crippen LogP contribution is 2.29. The molecule has 0 bridgehead atoms. The molecular weight excluding hydrogens is 261 g/mol. The SMILES string of the molecule is Cc1nc(-c2ccncc2F)sc1CNC(C)(C)C. The Morgan fingerprint density at radius 3 is 2.74 bits per heavy atom. The molecule has 0 radical (unpaired) electrons. The van der Waals surface area contributed by atoms with Crippen LogP contribution in [-0.4, -0.2) is 15.5 Å². The van der Waals surface area contributed by atoms with Crippen LogP contribution >= 0.6 is 11.3 Å². The third-order valence-electron chi connectivity index (χ3n) is 2.67. The molecule has 2 aromatic heterocycles. The minimum atomic E-state index is -0.327. The van der Waals surface area contributed by atoms with Gasteiger partial charge in [0, 0.05) is 28.7 Å². The number of nitrogens with one attached hydrogen (secondary N) is 1. The average molecular weight is 279 g/mol. The Balaban J connectivity index is 2.24. The van der Waals surface area contributed by atoms with E-state index in [-0.39, 0.29) is 11.4 Å². The van der Waals surface area contributed by atoms with Crippen LogP contribution in [0.2, 0.25) is 0 Å². The van der Waals surface area contributed by atoms with E-state index in [1.165, 1.54) is 17.5 Å². The molecule has 0 amide bonds. The highest BCUT2D eigenvalue weighted by atomic mass is 32.1. The predicted molar refractivity (Wildman–Crippen MR) is 76.6 cm³/mol. The minimum Gasteiger partial charge on any atom is -0.307 e. The zero-order valence-electron chi connectivity index (χ0n) is 11.6. The van der Waals surface area contributed by atoms with Gasteiger partial charge in [-0.15, -0.1) is 11.3 Å². The lowest BCUT2D eigenvalue weighted by Gasteiger charge is -2.19. The summed E-state index contributed by atoms with van der Waals surface area (Å²) in [5, 5.41) is 4.13. The largest absolute Gasteiger partial charge is 0.307 e. The monoisotopic (exact) mass is 279 g/mol. The molecule has 0 fully saturated rings. The Kier molecular flexibility index (Phi) is 3.96. The first-order valence-electron chi connectivity index (χ1n) is 6.18. The summed E-state index contributed by atoms with van der Waals surface area (Å²) in [4.78, 5) is 9.35. The summed E-state index contributed by atoms with van der Waals surface area (Å²) in [6.45, 7) is 9.06. The molecule has 5 heteroatoms. The van der Waals surface area contributed by atoms with Crippen LogP contribution in [0.4, 0.5) is 4.39 Å². The first-order valence-corrected chi connectivity index (χ1v) is 7.00. The summed E-state index contributed by atoms with van der Waals surface area (Å²) in [5.74, 6) is -0.327. The van der Waals surface area contributed by atoms with Crippen molar-refractivity contribution in [2.75, 3.05) is 0 Å². The van der Waals surface area contributed by atoms with Crippen LogP contribution in [0.1, 0.15) is 31.3 Å². The fourth-order valence-electron chi connectivity index (χ4n) is 1.60. The molecule has 0 saturated heterocycles. The molecule has 1 N–H and O–H groups in total. The van der Waals surface area contributed by atoms with Gasteiger partial charge in [-0.25, -0.2) is 9.37 Å². The zero-order valence-corrected chi connectivity index (χ0v) is 12.4. The van der Waals surface area contributed by atoms with Crippen LogP contribution in [-0.2, 0) is 6.54 Å². The van der Waals surface area contributed by atoms with E-state index < -0.39 is 0 Å². The van der Waals surface area contributed by atoms with E-state index in [9.17, 15) is 4.39 Å². The predicted octanol–water partition coefficient (Wildman–Crippen LogP) is 3.54. The van der Waals surface area contributed by atoms with Crippen molar-refractivity contribution in [3.63, 3.8) is 0 Å². The number of nitrogens with zero attached hydrogens (tertiary/aromatic N) is 2. The fraction of sp³-hybridized carbons (Fsp3) is 0.429. The van der Waals surface area contributed by atoms with Gasteiger partial charge < -0.3 is 5.32 Å². The Bertz CT molecular complexity index is 572. The summed E-state index contributed by atoms with van der Waals surface area (Å²) in [6.07, 6.45) is 2.81. The maximum absolute atomic E-state index is 13.7. The third-order valence-corrected chi connectivity index (χ3v) is 3.87. The molecule has 0 atom stereocenters. The molecular formula is C14H18FN3S. The lowest BCUT2D eigenvalue weighted by molar-refractivity contribution is 0.425. The minimum absolute atomic E-state index is 0.0541. The van der Waals surface area contributed by atoms with Gasteiger partial charge in [0.25, 0.3) is 0 Å². The summed E-state index contributed by atoms with van der Waals surface area (Å²) in [5.41, 5.74) is 1.52. The normalized spacial score (nSPS) is 11.8. The van der Waals surface area contributed by atoms with Crippen molar-refractivity contribution in [2.24, 2.45) is 0 Å². The van der Waals surface area contributed by atoms with Crippen molar-refractivity contribution in [3.8, 4) is 10.6 Å². The van der Waals surface area contributed by atoms with Gasteiger partial charge in [0.15, 0.2) is 5.82 Å². The topological polar surface area (TPSA) is 37.8 Å². The number of aromatic nitrogens is 2. The number of aryl methyl sites for hydroxylation is 1. The van der Waals surface area contributed by atoms with Gasteiger partial charge in [0.05, 0.1) is 11.9 Å². The molecule has 0 spiro atoms. The van der Waals surface area contributed by atoms with E-state index >= 15 is 0 Å². The Morgan fingerprint density at radius 1 is 1.37 bits per heavy atom. The molecule has 0 aliphatic carbocycles. The Morgan fingerprint density at radius 2 is 2.11 bits per heavy atom. The van der Waals surface area contributed by atoms with Crippen molar-refractivity contribution in [1.29, 1.82) is 0 Å². The maximum Gasteiger partial charge on any atom is 0.151 e. The van der Waals surface area contributed by atoms with Gasteiger partial charge in [0.1, 0.15) is 5.01 Å². The van der Waals surface area contributed by atoms with E-state index in [0.717, 1.165) is 17.1 Å². The van der Waals surface area contributed by atoms with Crippen LogP contribution in [0.15, 0.2) is 18.5 Å². The Labute approximate surface area is 116 Å². The first-order chi connectivity index (χ1) is 8.87. The molecule has 2 heterocycles. The van der Waals surface area contributed by atoms with Crippen molar-refractivity contribution in [1.82, 2.24) is 15.3 Å². The molecule has 19 heavy (non-hydrogen) atoms. The molecule has 102 valence electrons. The molecule has 0 aromatic carbocycles. The van der Waals surface area contributed by atoms with Crippen molar-refractivity contribution < 1.29 is 4.39 Å². The van der Waals surface area contributed by atoms with Crippen LogP contribution in [0.5, 0.6) is 0 Å². The van der Waals surface area contributed by atoms with E-state index in [1.54, 1.807) is 12.3 Å². The summed E-state index contributed by atoms with van der Waals surface area (Å²) >= 11 is 1.53. The van der Waals surface area contributed by atoms with Gasteiger partial charge in [0.2, 0.25) is 0 Å². The van der Waals surface area contributed by atoms with Gasteiger partial charge in [-0.1, -0.05) is 0 Å². The summed E-state index contributed by atoms with van der Waals surface area (Å²) < 4.78 is 13.7. The second kappa shape index (κ2) is 5.35. The van der Waals surface area contributed by atoms with Gasteiger partial charge in [-0.05, 0) is 33.8 Å². The summed E-state index contributed by atoms with van der Waals surface area (Å²) in [7, 11) is 0. The molecule has 0 aliphatic heterocycles. The van der Waals surface area contributed by atoms with Crippen LogP contribution < -0.4 is 5.32 Å². The number of thiazole rings is 1. The number of rotatable bonds is 3. The quantitative estimate of drug-likeness (QED) is 0.934. The lowest BCUT2D eigenvalue weighted by Crippen LogP contribution is -2.34. The van der Waals surface area contributed by atoms with E-state index in [0.29, 0.717) is 10.6 Å². The standard InChI is InChI=1S/C14H18FN3S/c1-9-12(8-17-14(2,3)4)19-13(18-9)10-5-6-16-7-11(10)15/h5-7,17H,8H2,1-4H3. The van der Waals surface area contributed by atoms with Gasteiger partial charge in [-0.2, -0.15) is 0 Å². The molecule has 2 aromatic rings. The fourth-order valence-corrected chi connectivity index (χ4v) is 2.63. The third kappa shape index (κ3) is 3.58. The highest BCUT2D eigenvalue weighted by molar-refractivity contribution is 7.15. The molecule has 2 rings (SSSR count). The lowest BCUT2D eigenvalue weighted by atomic mass is 10.1. The number of hydrogen-bond donors (Lipinski definition) is 1. The van der Waals surface area contributed by atoms with Gasteiger partial charge in [-0.3, -0.25) is 4.98 Å². The number of halogens is 1. The van der Waals surface area contributed by atoms with Crippen molar-refractivity contribution in [2.45, 2.75) is 39.8 Å². The van der Waals surface area contributed by atoms with Gasteiger partial charge >= 0.3 is 0 Å². The van der Waals surface area contributed by atoms with Crippen LogP contribution in [0.3, 0.4) is 0 Å². The van der Waals surface area contributed by atoms with Crippen LogP contribution in [0, 0.1) is 12.7 Å². The summed E-state index contributed by atoms with van der Waals surface area (Å²) in [6, 6.07) is 1.66. The highest BCUT2D eigenvalue weighted by Gasteiger charge is 2.15. The Hall–Kier alpha value is -1.33. The maximum atomic E-state index is 13.7. The van der Waals surface area contributed by atoms with E-state index in [1.807, 2.05) is 6.92 Å². The van der Waals surface area contributed by atoms with E-state index in [2.05, 4.69) is 36.1 Å². The zero-order chi connectivity index (χ0) is 14.0. The molecule has 0 saturated carbocycles. The van der Waals surface area contributed by atoms with Crippen molar-refractivity contribution in [3.05, 3.63) is 34.8 Å². The second-order valence-electron chi connectivity index (χ2n) is 5.49. The molecule has 0 unspecified atom stereocenters. The van der Waals surface area contributed by atoms with Crippen LogP contribution in [0.25, 0.3) is 10.6 Å². The first kappa shape index (κ1) is 14.1. The molecule has 3 nitrogen and oxygen atoms in total. The second-order valence-corrected chi connectivity index (χ2v) is 6.57. The smallest absolute Gasteiger partial charge is 0.151 e. The van der Waals surface area contributed by atoms with Crippen molar-refractivity contribution >= 4 is 11.3 Å². The number of pyridine rings is 1. The molecule has 0 aliphatic rings. The number of hydrogen-bond acceptors (Lipinski definition) is 4.